The average molecular weight is 307 g/mol. The summed E-state index contributed by atoms with van der Waals surface area (Å²) in [5, 5.41) is 0. The van der Waals surface area contributed by atoms with Crippen molar-refractivity contribution < 1.29 is 9.21 Å². The Morgan fingerprint density at radius 3 is 2.89 bits per heavy atom. The van der Waals surface area contributed by atoms with Crippen molar-refractivity contribution in [3.05, 3.63) is 46.3 Å². The van der Waals surface area contributed by atoms with Gasteiger partial charge in [0.2, 0.25) is 0 Å². The van der Waals surface area contributed by atoms with E-state index in [0.29, 0.717) is 22.7 Å². The van der Waals surface area contributed by atoms with Gasteiger partial charge in [0, 0.05) is 6.54 Å². The molecule has 4 nitrogen and oxygen atoms in total. The molecular formula is C13H11BrN2O2. The fourth-order valence-corrected chi connectivity index (χ4v) is 2.56. The molecule has 1 aromatic heterocycles. The van der Waals surface area contributed by atoms with E-state index in [-0.39, 0.29) is 5.91 Å². The van der Waals surface area contributed by atoms with Crippen LogP contribution in [0.25, 0.3) is 0 Å². The molecule has 1 aliphatic heterocycles. The molecule has 0 bridgehead atoms. The number of anilines is 2. The van der Waals surface area contributed by atoms with E-state index in [1.54, 1.807) is 17.0 Å². The molecule has 18 heavy (non-hydrogen) atoms. The van der Waals surface area contributed by atoms with Gasteiger partial charge < -0.3 is 15.1 Å². The number of carbonyl (C=O) groups is 1. The third kappa shape index (κ3) is 1.71. The third-order valence-electron chi connectivity index (χ3n) is 3.05. The first-order chi connectivity index (χ1) is 8.66. The molecule has 92 valence electrons. The van der Waals surface area contributed by atoms with Crippen LogP contribution in [-0.4, -0.2) is 12.5 Å². The SMILES string of the molecule is Nc1cccc2c1N(C(=O)c1ccc(Br)o1)CC2. The Kier molecular flexibility index (Phi) is 2.63. The number of rotatable bonds is 1. The van der Waals surface area contributed by atoms with Crippen LogP contribution in [0, 0.1) is 0 Å². The maximum absolute atomic E-state index is 12.3. The molecule has 0 fully saturated rings. The quantitative estimate of drug-likeness (QED) is 0.824. The zero-order chi connectivity index (χ0) is 12.7. The molecule has 0 saturated carbocycles. The maximum atomic E-state index is 12.3. The lowest BCUT2D eigenvalue weighted by atomic mass is 10.1. The number of carbonyl (C=O) groups excluding carboxylic acids is 1. The summed E-state index contributed by atoms with van der Waals surface area (Å²) in [7, 11) is 0. The van der Waals surface area contributed by atoms with Crippen LogP contribution >= 0.6 is 15.9 Å². The van der Waals surface area contributed by atoms with E-state index in [4.69, 9.17) is 10.2 Å². The van der Waals surface area contributed by atoms with Crippen molar-refractivity contribution in [3.63, 3.8) is 0 Å². The van der Waals surface area contributed by atoms with Crippen LogP contribution in [0.1, 0.15) is 16.1 Å². The third-order valence-corrected chi connectivity index (χ3v) is 3.48. The molecule has 2 heterocycles. The highest BCUT2D eigenvalue weighted by atomic mass is 79.9. The molecule has 0 radical (unpaired) electrons. The van der Waals surface area contributed by atoms with Gasteiger partial charge in [0.1, 0.15) is 0 Å². The van der Waals surface area contributed by atoms with Gasteiger partial charge in [0.05, 0.1) is 11.4 Å². The van der Waals surface area contributed by atoms with E-state index in [1.165, 1.54) is 0 Å². The summed E-state index contributed by atoms with van der Waals surface area (Å²) in [6.45, 7) is 0.640. The van der Waals surface area contributed by atoms with Crippen molar-refractivity contribution in [1.82, 2.24) is 0 Å². The summed E-state index contributed by atoms with van der Waals surface area (Å²) in [5.41, 5.74) is 8.50. The predicted octanol–water partition coefficient (Wildman–Crippen LogP) is 2.83. The normalized spacial score (nSPS) is 13.7. The zero-order valence-electron chi connectivity index (χ0n) is 9.52. The lowest BCUT2D eigenvalue weighted by Gasteiger charge is -2.17. The second kappa shape index (κ2) is 4.17. The molecule has 0 spiro atoms. The topological polar surface area (TPSA) is 59.5 Å². The van der Waals surface area contributed by atoms with E-state index in [2.05, 4.69) is 15.9 Å². The van der Waals surface area contributed by atoms with Crippen LogP contribution in [0.15, 0.2) is 39.4 Å². The Morgan fingerprint density at radius 1 is 1.33 bits per heavy atom. The second-order valence-electron chi connectivity index (χ2n) is 4.17. The Morgan fingerprint density at radius 2 is 2.17 bits per heavy atom. The van der Waals surface area contributed by atoms with Gasteiger partial charge in [0.25, 0.3) is 5.91 Å². The minimum absolute atomic E-state index is 0.155. The van der Waals surface area contributed by atoms with Crippen LogP contribution in [0.2, 0.25) is 0 Å². The summed E-state index contributed by atoms with van der Waals surface area (Å²) in [6, 6.07) is 9.08. The first-order valence-corrected chi connectivity index (χ1v) is 6.40. The molecule has 0 aliphatic carbocycles. The van der Waals surface area contributed by atoms with Gasteiger partial charge in [-0.3, -0.25) is 4.79 Å². The number of hydrogen-bond donors (Lipinski definition) is 1. The molecule has 2 aromatic rings. The van der Waals surface area contributed by atoms with E-state index in [1.807, 2.05) is 18.2 Å². The smallest absolute Gasteiger partial charge is 0.294 e. The summed E-state index contributed by atoms with van der Waals surface area (Å²) in [5.74, 6) is 0.162. The van der Waals surface area contributed by atoms with Crippen molar-refractivity contribution in [2.45, 2.75) is 6.42 Å². The number of para-hydroxylation sites is 1. The van der Waals surface area contributed by atoms with Crippen molar-refractivity contribution >= 4 is 33.2 Å². The predicted molar refractivity (Wildman–Crippen MR) is 72.6 cm³/mol. The van der Waals surface area contributed by atoms with Gasteiger partial charge in [0.15, 0.2) is 10.4 Å². The Bertz CT molecular complexity index is 621. The number of hydrogen-bond acceptors (Lipinski definition) is 3. The monoisotopic (exact) mass is 306 g/mol. The number of amides is 1. The van der Waals surface area contributed by atoms with E-state index in [0.717, 1.165) is 17.7 Å². The number of fused-ring (bicyclic) bond motifs is 1. The first kappa shape index (κ1) is 11.3. The standard InChI is InChI=1S/C13H11BrN2O2/c14-11-5-4-10(18-11)13(17)16-7-6-8-2-1-3-9(15)12(8)16/h1-5H,6-7,15H2. The van der Waals surface area contributed by atoms with Gasteiger partial charge in [-0.2, -0.15) is 0 Å². The second-order valence-corrected chi connectivity index (χ2v) is 4.95. The molecule has 0 unspecified atom stereocenters. The van der Waals surface area contributed by atoms with Crippen LogP contribution in [0.5, 0.6) is 0 Å². The summed E-state index contributed by atoms with van der Waals surface area (Å²) in [4.78, 5) is 14.0. The molecule has 3 rings (SSSR count). The first-order valence-electron chi connectivity index (χ1n) is 5.61. The number of nitrogens with zero attached hydrogens (tertiary/aromatic N) is 1. The van der Waals surface area contributed by atoms with Gasteiger partial charge in [-0.25, -0.2) is 0 Å². The Hall–Kier alpha value is -1.75. The fourth-order valence-electron chi connectivity index (χ4n) is 2.25. The summed E-state index contributed by atoms with van der Waals surface area (Å²) >= 11 is 3.19. The van der Waals surface area contributed by atoms with Crippen LogP contribution in [0.4, 0.5) is 11.4 Å². The summed E-state index contributed by atoms with van der Waals surface area (Å²) in [6.07, 6.45) is 0.827. The van der Waals surface area contributed by atoms with Crippen molar-refractivity contribution in [1.29, 1.82) is 0 Å². The van der Waals surface area contributed by atoms with Crippen LogP contribution in [-0.2, 0) is 6.42 Å². The number of benzene rings is 1. The van der Waals surface area contributed by atoms with Gasteiger partial charge in [-0.15, -0.1) is 0 Å². The number of nitrogens with two attached hydrogens (primary N) is 1. The summed E-state index contributed by atoms with van der Waals surface area (Å²) < 4.78 is 5.84. The molecule has 0 atom stereocenters. The average Bonchev–Trinajstić information content (AvgIpc) is 2.95. The van der Waals surface area contributed by atoms with E-state index >= 15 is 0 Å². The molecule has 0 saturated heterocycles. The lowest BCUT2D eigenvalue weighted by molar-refractivity contribution is 0.0961. The molecular weight excluding hydrogens is 296 g/mol. The van der Waals surface area contributed by atoms with Crippen molar-refractivity contribution in [3.8, 4) is 0 Å². The molecule has 5 heteroatoms. The van der Waals surface area contributed by atoms with Gasteiger partial charge >= 0.3 is 0 Å². The molecule has 1 aliphatic rings. The molecule has 2 N–H and O–H groups in total. The highest BCUT2D eigenvalue weighted by Crippen LogP contribution is 2.34. The minimum Gasteiger partial charge on any atom is -0.444 e. The maximum Gasteiger partial charge on any atom is 0.294 e. The van der Waals surface area contributed by atoms with Gasteiger partial charge in [-0.1, -0.05) is 12.1 Å². The fraction of sp³-hybridized carbons (Fsp3) is 0.154. The van der Waals surface area contributed by atoms with Crippen LogP contribution in [0.3, 0.4) is 0 Å². The van der Waals surface area contributed by atoms with Crippen molar-refractivity contribution in [2.75, 3.05) is 17.2 Å². The van der Waals surface area contributed by atoms with E-state index in [9.17, 15) is 4.79 Å². The van der Waals surface area contributed by atoms with E-state index < -0.39 is 0 Å². The van der Waals surface area contributed by atoms with Crippen LogP contribution < -0.4 is 10.6 Å². The highest BCUT2D eigenvalue weighted by molar-refractivity contribution is 9.10. The number of nitrogen functional groups attached to an aromatic ring is 1. The lowest BCUT2D eigenvalue weighted by Crippen LogP contribution is -2.29. The van der Waals surface area contributed by atoms with Gasteiger partial charge in [-0.05, 0) is 46.1 Å². The minimum atomic E-state index is -0.155. The number of halogens is 1. The van der Waals surface area contributed by atoms with Crippen molar-refractivity contribution in [2.24, 2.45) is 0 Å². The number of furan rings is 1. The zero-order valence-corrected chi connectivity index (χ0v) is 11.1. The molecule has 1 amide bonds. The molecule has 1 aromatic carbocycles. The largest absolute Gasteiger partial charge is 0.444 e. The highest BCUT2D eigenvalue weighted by Gasteiger charge is 2.28. The Labute approximate surface area is 113 Å². The Balaban J connectivity index is 2.00.